The van der Waals surface area contributed by atoms with Crippen molar-refractivity contribution >= 4 is 5.97 Å². The van der Waals surface area contributed by atoms with Crippen molar-refractivity contribution in [3.63, 3.8) is 0 Å². The molecule has 0 aliphatic heterocycles. The lowest BCUT2D eigenvalue weighted by molar-refractivity contribution is -0.154. The van der Waals surface area contributed by atoms with Gasteiger partial charge in [-0.1, -0.05) is 19.8 Å². The Morgan fingerprint density at radius 2 is 1.73 bits per heavy atom. The third-order valence-corrected chi connectivity index (χ3v) is 1.97. The Labute approximate surface area is 93.1 Å². The standard InChI is InChI=1S/C12H24O3/c1-5-6-7-8-14-9-10-15-11(13)12(2,3)4/h5-10H2,1-4H3. The lowest BCUT2D eigenvalue weighted by atomic mass is 9.97. The van der Waals surface area contributed by atoms with Crippen molar-refractivity contribution < 1.29 is 14.3 Å². The molecule has 3 heteroatoms. The molecule has 0 fully saturated rings. The first kappa shape index (κ1) is 14.4. The SMILES string of the molecule is CCCCCOCCOC(=O)C(C)(C)C. The van der Waals surface area contributed by atoms with E-state index >= 15 is 0 Å². The minimum absolute atomic E-state index is 0.167. The van der Waals surface area contributed by atoms with Crippen molar-refractivity contribution in [1.29, 1.82) is 0 Å². The highest BCUT2D eigenvalue weighted by Gasteiger charge is 2.22. The van der Waals surface area contributed by atoms with Gasteiger partial charge in [0.05, 0.1) is 12.0 Å². The third kappa shape index (κ3) is 8.43. The smallest absolute Gasteiger partial charge is 0.311 e. The molecule has 90 valence electrons. The summed E-state index contributed by atoms with van der Waals surface area (Å²) in [5, 5.41) is 0. The van der Waals surface area contributed by atoms with E-state index in [0.717, 1.165) is 13.0 Å². The molecule has 0 aromatic heterocycles. The Kier molecular flexibility index (Phi) is 7.39. The van der Waals surface area contributed by atoms with Crippen LogP contribution in [0.2, 0.25) is 0 Å². The first-order chi connectivity index (χ1) is 6.98. The van der Waals surface area contributed by atoms with Crippen LogP contribution in [-0.4, -0.2) is 25.8 Å². The highest BCUT2D eigenvalue weighted by atomic mass is 16.6. The number of hydrogen-bond acceptors (Lipinski definition) is 3. The molecule has 3 nitrogen and oxygen atoms in total. The van der Waals surface area contributed by atoms with E-state index in [1.807, 2.05) is 20.8 Å². The summed E-state index contributed by atoms with van der Waals surface area (Å²) < 4.78 is 10.4. The molecule has 0 aliphatic rings. The second kappa shape index (κ2) is 7.69. The summed E-state index contributed by atoms with van der Waals surface area (Å²) in [5.41, 5.74) is -0.414. The highest BCUT2D eigenvalue weighted by molar-refractivity contribution is 5.75. The predicted octanol–water partition coefficient (Wildman–Crippen LogP) is 2.78. The molecule has 0 rings (SSSR count). The average Bonchev–Trinajstić information content (AvgIpc) is 2.14. The van der Waals surface area contributed by atoms with Gasteiger partial charge in [-0.2, -0.15) is 0 Å². The Morgan fingerprint density at radius 1 is 1.07 bits per heavy atom. The maximum atomic E-state index is 11.3. The molecule has 0 saturated carbocycles. The van der Waals surface area contributed by atoms with Crippen molar-refractivity contribution in [3.8, 4) is 0 Å². The van der Waals surface area contributed by atoms with Gasteiger partial charge in [0.2, 0.25) is 0 Å². The van der Waals surface area contributed by atoms with Crippen LogP contribution in [0.4, 0.5) is 0 Å². The summed E-state index contributed by atoms with van der Waals surface area (Å²) in [6.45, 7) is 9.33. The van der Waals surface area contributed by atoms with Crippen molar-refractivity contribution in [3.05, 3.63) is 0 Å². The molecule has 15 heavy (non-hydrogen) atoms. The third-order valence-electron chi connectivity index (χ3n) is 1.97. The van der Waals surface area contributed by atoms with Crippen molar-refractivity contribution in [2.24, 2.45) is 5.41 Å². The minimum atomic E-state index is -0.414. The summed E-state index contributed by atoms with van der Waals surface area (Å²) in [6.07, 6.45) is 3.48. The van der Waals surface area contributed by atoms with Gasteiger partial charge >= 0.3 is 5.97 Å². The Bertz CT molecular complexity index is 170. The first-order valence-corrected chi connectivity index (χ1v) is 5.73. The molecule has 0 aliphatic carbocycles. The number of carbonyl (C=O) groups is 1. The van der Waals surface area contributed by atoms with Crippen LogP contribution in [0.3, 0.4) is 0 Å². The normalized spacial score (nSPS) is 11.5. The van der Waals surface area contributed by atoms with Crippen LogP contribution in [0.25, 0.3) is 0 Å². The number of hydrogen-bond donors (Lipinski definition) is 0. The molecule has 0 N–H and O–H groups in total. The maximum Gasteiger partial charge on any atom is 0.311 e. The average molecular weight is 216 g/mol. The molecule has 0 bridgehead atoms. The largest absolute Gasteiger partial charge is 0.463 e. The summed E-state index contributed by atoms with van der Waals surface area (Å²) >= 11 is 0. The number of esters is 1. The highest BCUT2D eigenvalue weighted by Crippen LogP contribution is 2.14. The van der Waals surface area contributed by atoms with Gasteiger partial charge in [0.25, 0.3) is 0 Å². The Balaban J connectivity index is 3.28. The fourth-order valence-electron chi connectivity index (χ4n) is 0.966. The zero-order chi connectivity index (χ0) is 11.7. The summed E-state index contributed by atoms with van der Waals surface area (Å²) in [5.74, 6) is -0.167. The van der Waals surface area contributed by atoms with E-state index in [-0.39, 0.29) is 5.97 Å². The van der Waals surface area contributed by atoms with E-state index in [1.165, 1.54) is 12.8 Å². The van der Waals surface area contributed by atoms with E-state index in [0.29, 0.717) is 13.2 Å². The summed E-state index contributed by atoms with van der Waals surface area (Å²) in [7, 11) is 0. The molecule has 0 atom stereocenters. The lowest BCUT2D eigenvalue weighted by Gasteiger charge is -2.16. The van der Waals surface area contributed by atoms with Crippen molar-refractivity contribution in [1.82, 2.24) is 0 Å². The molecule has 0 spiro atoms. The van der Waals surface area contributed by atoms with Gasteiger partial charge in [-0.15, -0.1) is 0 Å². The molecule has 0 aromatic rings. The topological polar surface area (TPSA) is 35.5 Å². The molecular formula is C12H24O3. The number of unbranched alkanes of at least 4 members (excludes halogenated alkanes) is 2. The van der Waals surface area contributed by atoms with Crippen LogP contribution >= 0.6 is 0 Å². The van der Waals surface area contributed by atoms with Crippen LogP contribution in [0.15, 0.2) is 0 Å². The molecule has 0 unspecified atom stereocenters. The van der Waals surface area contributed by atoms with Crippen LogP contribution in [0.5, 0.6) is 0 Å². The van der Waals surface area contributed by atoms with Gasteiger partial charge in [0.1, 0.15) is 6.61 Å². The zero-order valence-electron chi connectivity index (χ0n) is 10.5. The Morgan fingerprint density at radius 3 is 2.27 bits per heavy atom. The second-order valence-corrected chi connectivity index (χ2v) is 4.71. The zero-order valence-corrected chi connectivity index (χ0v) is 10.5. The molecule has 0 aromatic carbocycles. The van der Waals surface area contributed by atoms with Crippen LogP contribution in [0, 0.1) is 5.41 Å². The Hall–Kier alpha value is -0.570. The molecule has 0 amide bonds. The minimum Gasteiger partial charge on any atom is -0.463 e. The van der Waals surface area contributed by atoms with Gasteiger partial charge < -0.3 is 9.47 Å². The van der Waals surface area contributed by atoms with Gasteiger partial charge in [-0.05, 0) is 27.2 Å². The summed E-state index contributed by atoms with van der Waals surface area (Å²) in [4.78, 5) is 11.3. The molecule has 0 heterocycles. The van der Waals surface area contributed by atoms with E-state index in [9.17, 15) is 4.79 Å². The van der Waals surface area contributed by atoms with E-state index in [4.69, 9.17) is 9.47 Å². The van der Waals surface area contributed by atoms with E-state index < -0.39 is 5.41 Å². The van der Waals surface area contributed by atoms with Crippen LogP contribution in [0.1, 0.15) is 47.0 Å². The quantitative estimate of drug-likeness (QED) is 0.485. The maximum absolute atomic E-state index is 11.3. The van der Waals surface area contributed by atoms with Crippen molar-refractivity contribution in [2.75, 3.05) is 19.8 Å². The monoisotopic (exact) mass is 216 g/mol. The fraction of sp³-hybridized carbons (Fsp3) is 0.917. The van der Waals surface area contributed by atoms with E-state index in [1.54, 1.807) is 0 Å². The number of rotatable bonds is 7. The molecule has 0 saturated heterocycles. The van der Waals surface area contributed by atoms with Crippen LogP contribution < -0.4 is 0 Å². The number of carbonyl (C=O) groups excluding carboxylic acids is 1. The van der Waals surface area contributed by atoms with Gasteiger partial charge in [0.15, 0.2) is 0 Å². The van der Waals surface area contributed by atoms with E-state index in [2.05, 4.69) is 6.92 Å². The second-order valence-electron chi connectivity index (χ2n) is 4.71. The van der Waals surface area contributed by atoms with Crippen molar-refractivity contribution in [2.45, 2.75) is 47.0 Å². The first-order valence-electron chi connectivity index (χ1n) is 5.73. The predicted molar refractivity (Wildman–Crippen MR) is 60.8 cm³/mol. The lowest BCUT2D eigenvalue weighted by Crippen LogP contribution is -2.24. The van der Waals surface area contributed by atoms with Crippen LogP contribution in [-0.2, 0) is 14.3 Å². The number of ether oxygens (including phenoxy) is 2. The summed E-state index contributed by atoms with van der Waals surface area (Å²) in [6, 6.07) is 0. The van der Waals surface area contributed by atoms with Gasteiger partial charge in [-0.25, -0.2) is 0 Å². The molecular weight excluding hydrogens is 192 g/mol. The fourth-order valence-corrected chi connectivity index (χ4v) is 0.966. The van der Waals surface area contributed by atoms with Gasteiger partial charge in [-0.3, -0.25) is 4.79 Å². The van der Waals surface area contributed by atoms with Gasteiger partial charge in [0, 0.05) is 6.61 Å². The molecule has 0 radical (unpaired) electrons.